The molecule has 7 heavy (non-hydrogen) atoms. The summed E-state index contributed by atoms with van der Waals surface area (Å²) in [6, 6.07) is 0. The number of nitrogens with one attached hydrogen (secondary N) is 1. The Hall–Kier alpha value is -0.570. The van der Waals surface area contributed by atoms with Crippen molar-refractivity contribution in [1.29, 1.82) is 0 Å². The number of hydroxylamine groups is 1. The Kier molecular flexibility index (Phi) is 12.5. The maximum absolute atomic E-state index is 9.45. The quantitative estimate of drug-likeness (QED) is 0.349. The summed E-state index contributed by atoms with van der Waals surface area (Å²) in [4.78, 5) is 9.45. The monoisotopic (exact) mass is 105 g/mol. The number of carbonyl (C=O) groups is 1. The smallest absolute Gasteiger partial charge is 0.240 e. The number of rotatable bonds is 0. The molecule has 0 atom stereocenters. The first-order valence-corrected chi connectivity index (χ1v) is 2.18. The molecule has 0 bridgehead atoms. The van der Waals surface area contributed by atoms with E-state index in [1.54, 1.807) is 0 Å². The summed E-state index contributed by atoms with van der Waals surface area (Å²) in [6.45, 7) is 5.22. The average molecular weight is 105 g/mol. The molecule has 1 amide bonds. The lowest BCUT2D eigenvalue weighted by molar-refractivity contribution is -0.126. The van der Waals surface area contributed by atoms with Gasteiger partial charge in [0.15, 0.2) is 0 Å². The van der Waals surface area contributed by atoms with E-state index in [0.717, 1.165) is 0 Å². The van der Waals surface area contributed by atoms with Crippen molar-refractivity contribution in [3.8, 4) is 0 Å². The van der Waals surface area contributed by atoms with E-state index in [2.05, 4.69) is 0 Å². The molecule has 0 heterocycles. The predicted octanol–water partition coefficient (Wildman–Crippen LogP) is 0.538. The van der Waals surface area contributed by atoms with Gasteiger partial charge in [-0.05, 0) is 0 Å². The number of hydrogen-bond acceptors (Lipinski definition) is 2. The van der Waals surface area contributed by atoms with Gasteiger partial charge >= 0.3 is 0 Å². The Morgan fingerprint density at radius 3 is 1.71 bits per heavy atom. The van der Waals surface area contributed by atoms with Crippen molar-refractivity contribution >= 4 is 5.91 Å². The largest absolute Gasteiger partial charge is 0.289 e. The van der Waals surface area contributed by atoms with E-state index in [1.165, 1.54) is 12.4 Å². The Bertz CT molecular complexity index is 45.0. The molecule has 0 unspecified atom stereocenters. The molecule has 2 N–H and O–H groups in total. The highest BCUT2D eigenvalue weighted by molar-refractivity contribution is 5.71. The molecule has 3 heteroatoms. The minimum atomic E-state index is -0.440. The van der Waals surface area contributed by atoms with E-state index in [4.69, 9.17) is 5.21 Å². The van der Waals surface area contributed by atoms with Crippen molar-refractivity contribution in [2.75, 3.05) is 0 Å². The van der Waals surface area contributed by atoms with Gasteiger partial charge < -0.3 is 0 Å². The standard InChI is InChI=1S/C2H5NO2.C2H6/c1-2(4)3-5;1-2/h5H,1H3,(H,3,4);1-2H3. The highest BCUT2D eigenvalue weighted by Crippen LogP contribution is 1.44. The molecule has 0 aliphatic rings. The molecule has 0 rings (SSSR count). The van der Waals surface area contributed by atoms with Gasteiger partial charge in [-0.3, -0.25) is 10.0 Å². The highest BCUT2D eigenvalue weighted by Gasteiger charge is 1.74. The van der Waals surface area contributed by atoms with Crippen LogP contribution in [0.5, 0.6) is 0 Å². The molecule has 0 aromatic heterocycles. The molecule has 0 aliphatic carbocycles. The van der Waals surface area contributed by atoms with E-state index in [0.29, 0.717) is 0 Å². The van der Waals surface area contributed by atoms with Gasteiger partial charge in [0.25, 0.3) is 0 Å². The molecule has 0 saturated heterocycles. The fraction of sp³-hybridized carbons (Fsp3) is 0.750. The number of amides is 1. The third-order valence-corrected chi connectivity index (χ3v) is 0.157. The van der Waals surface area contributed by atoms with Crippen LogP contribution in [0.15, 0.2) is 0 Å². The van der Waals surface area contributed by atoms with Gasteiger partial charge in [0.1, 0.15) is 0 Å². The van der Waals surface area contributed by atoms with Gasteiger partial charge in [-0.1, -0.05) is 13.8 Å². The highest BCUT2D eigenvalue weighted by atomic mass is 16.5. The van der Waals surface area contributed by atoms with E-state index >= 15 is 0 Å². The molecule has 0 radical (unpaired) electrons. The summed E-state index contributed by atoms with van der Waals surface area (Å²) in [6.07, 6.45) is 0. The van der Waals surface area contributed by atoms with Crippen molar-refractivity contribution in [2.24, 2.45) is 0 Å². The maximum atomic E-state index is 9.45. The second kappa shape index (κ2) is 9.06. The molecule has 0 fully saturated rings. The van der Waals surface area contributed by atoms with Crippen molar-refractivity contribution < 1.29 is 10.0 Å². The lowest BCUT2D eigenvalue weighted by Crippen LogP contribution is -2.12. The van der Waals surface area contributed by atoms with Gasteiger partial charge in [0.2, 0.25) is 5.91 Å². The molecule has 44 valence electrons. The zero-order valence-corrected chi connectivity index (χ0v) is 4.86. The van der Waals surface area contributed by atoms with E-state index in [-0.39, 0.29) is 0 Å². The van der Waals surface area contributed by atoms with Gasteiger partial charge in [-0.15, -0.1) is 0 Å². The summed E-state index contributed by atoms with van der Waals surface area (Å²) in [5, 5.41) is 7.54. The average Bonchev–Trinajstić information content (AvgIpc) is 1.73. The van der Waals surface area contributed by atoms with Crippen LogP contribution in [-0.4, -0.2) is 11.1 Å². The van der Waals surface area contributed by atoms with Crippen molar-refractivity contribution in [3.05, 3.63) is 0 Å². The summed E-state index contributed by atoms with van der Waals surface area (Å²) in [7, 11) is 0. The fourth-order valence-electron chi connectivity index (χ4n) is 0. The minimum absolute atomic E-state index is 0.440. The fourth-order valence-corrected chi connectivity index (χ4v) is 0. The summed E-state index contributed by atoms with van der Waals surface area (Å²) >= 11 is 0. The Morgan fingerprint density at radius 1 is 1.57 bits per heavy atom. The summed E-state index contributed by atoms with van der Waals surface area (Å²) < 4.78 is 0. The van der Waals surface area contributed by atoms with Crippen LogP contribution in [-0.2, 0) is 4.79 Å². The first kappa shape index (κ1) is 9.66. The molecular formula is C4H11NO2. The lowest BCUT2D eigenvalue weighted by Gasteiger charge is -1.78. The second-order valence-corrected chi connectivity index (χ2v) is 0.668. The second-order valence-electron chi connectivity index (χ2n) is 0.668. The third kappa shape index (κ3) is 31.2. The van der Waals surface area contributed by atoms with Crippen LogP contribution in [0.2, 0.25) is 0 Å². The molecule has 0 saturated carbocycles. The topological polar surface area (TPSA) is 49.3 Å². The van der Waals surface area contributed by atoms with E-state index < -0.39 is 5.91 Å². The number of hydrogen-bond donors (Lipinski definition) is 2. The van der Waals surface area contributed by atoms with Crippen molar-refractivity contribution in [3.63, 3.8) is 0 Å². The van der Waals surface area contributed by atoms with Crippen LogP contribution in [0.25, 0.3) is 0 Å². The Balaban J connectivity index is 0. The van der Waals surface area contributed by atoms with Gasteiger partial charge in [-0.25, -0.2) is 5.48 Å². The Morgan fingerprint density at radius 2 is 1.71 bits per heavy atom. The van der Waals surface area contributed by atoms with Gasteiger partial charge in [-0.2, -0.15) is 0 Å². The molecule has 0 aromatic rings. The zero-order valence-electron chi connectivity index (χ0n) is 4.86. The normalized spacial score (nSPS) is 5.71. The predicted molar refractivity (Wildman–Crippen MR) is 27.0 cm³/mol. The first-order valence-electron chi connectivity index (χ1n) is 2.18. The molecule has 0 spiro atoms. The van der Waals surface area contributed by atoms with Gasteiger partial charge in [0.05, 0.1) is 0 Å². The molecule has 0 aliphatic heterocycles. The number of carbonyl (C=O) groups excluding carboxylic acids is 1. The zero-order chi connectivity index (χ0) is 6.28. The van der Waals surface area contributed by atoms with Crippen LogP contribution in [0.3, 0.4) is 0 Å². The lowest BCUT2D eigenvalue weighted by atomic mass is 10.8. The molecule has 3 nitrogen and oxygen atoms in total. The van der Waals surface area contributed by atoms with Crippen LogP contribution in [0, 0.1) is 0 Å². The summed E-state index contributed by atoms with van der Waals surface area (Å²) in [5.41, 5.74) is 1.39. The SMILES string of the molecule is CC.CC(=O)NO. The van der Waals surface area contributed by atoms with Crippen LogP contribution < -0.4 is 5.48 Å². The minimum Gasteiger partial charge on any atom is -0.289 e. The van der Waals surface area contributed by atoms with Crippen molar-refractivity contribution in [2.45, 2.75) is 20.8 Å². The van der Waals surface area contributed by atoms with E-state index in [9.17, 15) is 4.79 Å². The maximum Gasteiger partial charge on any atom is 0.240 e. The Labute approximate surface area is 43.3 Å². The van der Waals surface area contributed by atoms with Crippen LogP contribution in [0.4, 0.5) is 0 Å². The van der Waals surface area contributed by atoms with Crippen LogP contribution in [0.1, 0.15) is 20.8 Å². The third-order valence-electron chi connectivity index (χ3n) is 0.157. The van der Waals surface area contributed by atoms with Crippen LogP contribution >= 0.6 is 0 Å². The molecule has 0 aromatic carbocycles. The van der Waals surface area contributed by atoms with Crippen molar-refractivity contribution in [1.82, 2.24) is 5.48 Å². The van der Waals surface area contributed by atoms with Gasteiger partial charge in [0, 0.05) is 6.92 Å². The first-order chi connectivity index (χ1) is 3.27. The van der Waals surface area contributed by atoms with E-state index in [1.807, 2.05) is 13.8 Å². The summed E-state index contributed by atoms with van der Waals surface area (Å²) in [5.74, 6) is -0.440. The molecular weight excluding hydrogens is 94.0 g/mol.